The van der Waals surface area contributed by atoms with Gasteiger partial charge in [-0.1, -0.05) is 6.08 Å². The molecule has 0 heterocycles. The Hall–Kier alpha value is -0.790. The fraction of sp³-hybridized carbons (Fsp3) is 0.714. The summed E-state index contributed by atoms with van der Waals surface area (Å²) in [6.45, 7) is 1.92. The van der Waals surface area contributed by atoms with Crippen molar-refractivity contribution in [3.63, 3.8) is 0 Å². The van der Waals surface area contributed by atoms with Crippen LogP contribution in [0.25, 0.3) is 0 Å². The van der Waals surface area contributed by atoms with E-state index in [4.69, 9.17) is 0 Å². The van der Waals surface area contributed by atoms with E-state index in [1.807, 2.05) is 0 Å². The molecule has 0 spiro atoms. The number of alkyl halides is 7. The van der Waals surface area contributed by atoms with Crippen LogP contribution in [0, 0.1) is 0 Å². The van der Waals surface area contributed by atoms with Crippen molar-refractivity contribution in [2.75, 3.05) is 6.61 Å². The van der Waals surface area contributed by atoms with E-state index in [2.05, 4.69) is 11.3 Å². The molecule has 90 valence electrons. The first-order chi connectivity index (χ1) is 6.52. The van der Waals surface area contributed by atoms with E-state index in [1.165, 1.54) is 0 Å². The number of ether oxygens (including phenoxy) is 1. The molecule has 0 unspecified atom stereocenters. The molecule has 0 radical (unpaired) electrons. The van der Waals surface area contributed by atoms with Crippen LogP contribution in [0.4, 0.5) is 30.7 Å². The Bertz CT molecular complexity index is 220. The normalized spacial score (nSPS) is 14.1. The van der Waals surface area contributed by atoms with Crippen molar-refractivity contribution in [2.45, 2.75) is 24.6 Å². The molecule has 0 atom stereocenters. The van der Waals surface area contributed by atoms with E-state index in [-0.39, 0.29) is 0 Å². The highest BCUT2D eigenvalue weighted by Crippen LogP contribution is 2.42. The van der Waals surface area contributed by atoms with Crippen molar-refractivity contribution in [3.05, 3.63) is 12.7 Å². The minimum Gasteiger partial charge on any atom is -0.312 e. The number of hydrogen-bond acceptors (Lipinski definition) is 1. The van der Waals surface area contributed by atoms with Crippen molar-refractivity contribution in [1.29, 1.82) is 0 Å². The van der Waals surface area contributed by atoms with Crippen LogP contribution in [0.3, 0.4) is 0 Å². The molecule has 0 aromatic heterocycles. The van der Waals surface area contributed by atoms with Crippen LogP contribution in [0.1, 0.15) is 6.42 Å². The lowest BCUT2D eigenvalue weighted by molar-refractivity contribution is -0.362. The molecule has 0 rings (SSSR count). The molecule has 0 aromatic carbocycles. The van der Waals surface area contributed by atoms with Crippen molar-refractivity contribution < 1.29 is 35.5 Å². The van der Waals surface area contributed by atoms with Crippen LogP contribution in [0.15, 0.2) is 12.7 Å². The highest BCUT2D eigenvalue weighted by atomic mass is 19.4. The third kappa shape index (κ3) is 4.50. The first-order valence-electron chi connectivity index (χ1n) is 3.59. The van der Waals surface area contributed by atoms with Crippen LogP contribution in [0.2, 0.25) is 0 Å². The molecule has 0 saturated carbocycles. The lowest BCUT2D eigenvalue weighted by Gasteiger charge is -2.26. The maximum Gasteiger partial charge on any atom is 0.420 e. The molecule has 0 fully saturated rings. The molecule has 0 aromatic rings. The summed E-state index contributed by atoms with van der Waals surface area (Å²) >= 11 is 0. The van der Waals surface area contributed by atoms with Crippen LogP contribution < -0.4 is 0 Å². The van der Waals surface area contributed by atoms with E-state index >= 15 is 0 Å². The summed E-state index contributed by atoms with van der Waals surface area (Å²) in [5, 5.41) is 0. The quantitative estimate of drug-likeness (QED) is 0.528. The lowest BCUT2D eigenvalue weighted by Crippen LogP contribution is -2.45. The summed E-state index contributed by atoms with van der Waals surface area (Å²) < 4.78 is 87.4. The number of rotatable bonds is 5. The summed E-state index contributed by atoms with van der Waals surface area (Å²) in [6, 6.07) is 0. The van der Waals surface area contributed by atoms with Crippen LogP contribution in [0.5, 0.6) is 0 Å². The van der Waals surface area contributed by atoms with Gasteiger partial charge >= 0.3 is 18.2 Å². The summed E-state index contributed by atoms with van der Waals surface area (Å²) in [6.07, 6.45) is -12.8. The van der Waals surface area contributed by atoms with E-state index in [0.29, 0.717) is 0 Å². The summed E-state index contributed by atoms with van der Waals surface area (Å²) in [4.78, 5) is 0. The highest BCUT2D eigenvalue weighted by molar-refractivity contribution is 4.81. The third-order valence-electron chi connectivity index (χ3n) is 1.23. The van der Waals surface area contributed by atoms with Gasteiger partial charge in [0.25, 0.3) is 0 Å². The van der Waals surface area contributed by atoms with Crippen molar-refractivity contribution in [1.82, 2.24) is 0 Å². The Labute approximate surface area is 80.5 Å². The van der Waals surface area contributed by atoms with Gasteiger partial charge in [-0.25, -0.2) is 0 Å². The van der Waals surface area contributed by atoms with Gasteiger partial charge in [0.05, 0.1) is 6.61 Å². The molecule has 8 heteroatoms. The molecule has 15 heavy (non-hydrogen) atoms. The molecule has 0 saturated heterocycles. The van der Waals surface area contributed by atoms with Crippen LogP contribution >= 0.6 is 0 Å². The Kier molecular flexibility index (Phi) is 4.15. The van der Waals surface area contributed by atoms with E-state index in [1.54, 1.807) is 0 Å². The number of halogens is 7. The Morgan fingerprint density at radius 3 is 1.80 bits per heavy atom. The van der Waals surface area contributed by atoms with Crippen LogP contribution in [-0.4, -0.2) is 24.8 Å². The zero-order chi connectivity index (χ0) is 12.3. The molecular formula is C7H7F7O. The van der Waals surface area contributed by atoms with Gasteiger partial charge in [-0.15, -0.1) is 6.58 Å². The van der Waals surface area contributed by atoms with Crippen molar-refractivity contribution in [3.8, 4) is 0 Å². The second-order valence-electron chi connectivity index (χ2n) is 2.61. The third-order valence-corrected chi connectivity index (χ3v) is 1.23. The van der Waals surface area contributed by atoms with Crippen molar-refractivity contribution >= 4 is 0 Å². The zero-order valence-electron chi connectivity index (χ0n) is 7.25. The summed E-state index contributed by atoms with van der Waals surface area (Å²) in [5.74, 6) is -5.30. The molecule has 1 nitrogen and oxygen atoms in total. The predicted octanol–water partition coefficient (Wildman–Crippen LogP) is 3.37. The average molecular weight is 240 g/mol. The SMILES string of the molecule is C=CCOC(F)(F)C(F)(F)CC(F)(F)F. The first kappa shape index (κ1) is 14.2. The standard InChI is InChI=1S/C7H7F7O/c1-2-3-15-7(13,14)5(8,9)4-6(10,11)12/h2H,1,3-4H2. The molecule has 0 aliphatic carbocycles. The Morgan fingerprint density at radius 1 is 1.00 bits per heavy atom. The summed E-state index contributed by atoms with van der Waals surface area (Å²) in [7, 11) is 0. The second-order valence-corrected chi connectivity index (χ2v) is 2.61. The maximum atomic E-state index is 12.4. The molecule has 0 aliphatic rings. The number of hydrogen-bond donors (Lipinski definition) is 0. The lowest BCUT2D eigenvalue weighted by atomic mass is 10.2. The fourth-order valence-corrected chi connectivity index (χ4v) is 0.624. The molecule has 0 amide bonds. The predicted molar refractivity (Wildman–Crippen MR) is 36.7 cm³/mol. The van der Waals surface area contributed by atoms with E-state index < -0.39 is 31.2 Å². The fourth-order valence-electron chi connectivity index (χ4n) is 0.624. The van der Waals surface area contributed by atoms with Gasteiger partial charge in [-0.05, 0) is 0 Å². The smallest absolute Gasteiger partial charge is 0.312 e. The minimum absolute atomic E-state index is 0.720. The van der Waals surface area contributed by atoms with Crippen molar-refractivity contribution in [2.24, 2.45) is 0 Å². The molecule has 0 N–H and O–H groups in total. The van der Waals surface area contributed by atoms with Gasteiger partial charge in [-0.3, -0.25) is 0 Å². The minimum atomic E-state index is -5.40. The van der Waals surface area contributed by atoms with Gasteiger partial charge < -0.3 is 4.74 Å². The maximum absolute atomic E-state index is 12.4. The Morgan fingerprint density at radius 2 is 1.47 bits per heavy atom. The molecule has 0 aliphatic heterocycles. The van der Waals surface area contributed by atoms with Crippen LogP contribution in [-0.2, 0) is 4.74 Å². The van der Waals surface area contributed by atoms with E-state index in [0.717, 1.165) is 6.08 Å². The highest BCUT2D eigenvalue weighted by Gasteiger charge is 2.62. The van der Waals surface area contributed by atoms with Gasteiger partial charge in [0, 0.05) is 0 Å². The molecule has 0 bridgehead atoms. The molecular weight excluding hydrogens is 233 g/mol. The monoisotopic (exact) mass is 240 g/mol. The summed E-state index contributed by atoms with van der Waals surface area (Å²) in [5.41, 5.74) is 0. The topological polar surface area (TPSA) is 9.23 Å². The van der Waals surface area contributed by atoms with Gasteiger partial charge in [-0.2, -0.15) is 30.7 Å². The van der Waals surface area contributed by atoms with Gasteiger partial charge in [0.2, 0.25) is 0 Å². The van der Waals surface area contributed by atoms with Gasteiger partial charge in [0.15, 0.2) is 0 Å². The first-order valence-corrected chi connectivity index (χ1v) is 3.59. The second kappa shape index (κ2) is 4.38. The van der Waals surface area contributed by atoms with Gasteiger partial charge in [0.1, 0.15) is 6.42 Å². The van der Waals surface area contributed by atoms with E-state index in [9.17, 15) is 30.7 Å². The zero-order valence-corrected chi connectivity index (χ0v) is 7.25. The average Bonchev–Trinajstić information content (AvgIpc) is 1.96. The largest absolute Gasteiger partial charge is 0.420 e. The Balaban J connectivity index is 4.60.